The van der Waals surface area contributed by atoms with E-state index in [1.54, 1.807) is 13.8 Å². The maximum Gasteiger partial charge on any atom is 0.182 e. The van der Waals surface area contributed by atoms with Crippen molar-refractivity contribution >= 4 is 9.84 Å². The Morgan fingerprint density at radius 1 is 1.39 bits per heavy atom. The van der Waals surface area contributed by atoms with Gasteiger partial charge < -0.3 is 9.84 Å². The van der Waals surface area contributed by atoms with E-state index in [-0.39, 0.29) is 12.4 Å². The Kier molecular flexibility index (Phi) is 4.02. The van der Waals surface area contributed by atoms with Gasteiger partial charge >= 0.3 is 0 Å². The van der Waals surface area contributed by atoms with E-state index in [0.717, 1.165) is 12.3 Å². The van der Waals surface area contributed by atoms with Gasteiger partial charge in [-0.3, -0.25) is 0 Å². The lowest BCUT2D eigenvalue weighted by Gasteiger charge is -2.23. The average molecular weight is 276 g/mol. The van der Waals surface area contributed by atoms with Crippen LogP contribution in [0, 0.1) is 5.82 Å². The molecule has 0 aliphatic heterocycles. The Hall–Kier alpha value is -1.14. The van der Waals surface area contributed by atoms with Crippen molar-refractivity contribution in [1.29, 1.82) is 0 Å². The number of hydrogen-bond acceptors (Lipinski definition) is 4. The first-order chi connectivity index (χ1) is 8.13. The van der Waals surface area contributed by atoms with E-state index in [1.807, 2.05) is 0 Å². The summed E-state index contributed by atoms with van der Waals surface area (Å²) in [5, 5.41) is 9.25. The molecule has 1 aromatic rings. The Morgan fingerprint density at radius 3 is 2.33 bits per heavy atom. The smallest absolute Gasteiger partial charge is 0.182 e. The molecule has 0 aliphatic carbocycles. The number of aliphatic hydroxyl groups excluding tert-OH is 1. The molecule has 1 aromatic carbocycles. The van der Waals surface area contributed by atoms with Crippen molar-refractivity contribution in [2.75, 3.05) is 20.0 Å². The van der Waals surface area contributed by atoms with E-state index >= 15 is 0 Å². The molecule has 0 bridgehead atoms. The molecule has 1 rings (SSSR count). The van der Waals surface area contributed by atoms with Crippen molar-refractivity contribution in [2.24, 2.45) is 0 Å². The van der Waals surface area contributed by atoms with Crippen LogP contribution in [0.15, 0.2) is 17.0 Å². The zero-order valence-electron chi connectivity index (χ0n) is 10.8. The number of sulfone groups is 1. The topological polar surface area (TPSA) is 63.6 Å². The van der Waals surface area contributed by atoms with Crippen molar-refractivity contribution in [2.45, 2.75) is 24.2 Å². The third-order valence-corrected chi connectivity index (χ3v) is 3.91. The van der Waals surface area contributed by atoms with Gasteiger partial charge in [-0.2, -0.15) is 0 Å². The molecule has 102 valence electrons. The molecule has 6 heteroatoms. The lowest BCUT2D eigenvalue weighted by molar-refractivity contribution is 0.217. The van der Waals surface area contributed by atoms with E-state index in [0.29, 0.717) is 5.56 Å². The maximum absolute atomic E-state index is 13.9. The predicted molar refractivity (Wildman–Crippen MR) is 66.2 cm³/mol. The standard InChI is InChI=1S/C12H17FO4S/c1-12(2,7-14)8-5-9(13)11(18(4,15)16)10(6-8)17-3/h5-6,14H,7H2,1-4H3. The first-order valence-corrected chi connectivity index (χ1v) is 7.21. The molecule has 0 amide bonds. The monoisotopic (exact) mass is 276 g/mol. The highest BCUT2D eigenvalue weighted by Crippen LogP contribution is 2.33. The van der Waals surface area contributed by atoms with Gasteiger partial charge in [0.1, 0.15) is 16.5 Å². The van der Waals surface area contributed by atoms with Crippen molar-refractivity contribution in [3.8, 4) is 5.75 Å². The molecule has 1 N–H and O–H groups in total. The quantitative estimate of drug-likeness (QED) is 0.905. The summed E-state index contributed by atoms with van der Waals surface area (Å²) in [6.45, 7) is 3.26. The number of methoxy groups -OCH3 is 1. The molecule has 0 spiro atoms. The van der Waals surface area contributed by atoms with Crippen LogP contribution in [0.2, 0.25) is 0 Å². The van der Waals surface area contributed by atoms with Crippen LogP contribution < -0.4 is 4.74 Å². The fraction of sp³-hybridized carbons (Fsp3) is 0.500. The second kappa shape index (κ2) is 4.85. The number of hydrogen-bond donors (Lipinski definition) is 1. The third-order valence-electron chi connectivity index (χ3n) is 2.78. The van der Waals surface area contributed by atoms with Gasteiger partial charge in [-0.1, -0.05) is 13.8 Å². The molecule has 0 aliphatic rings. The number of aliphatic hydroxyl groups is 1. The summed E-state index contributed by atoms with van der Waals surface area (Å²) in [6.07, 6.45) is 0.921. The van der Waals surface area contributed by atoms with Crippen LogP contribution in [0.5, 0.6) is 5.75 Å². The summed E-state index contributed by atoms with van der Waals surface area (Å²) in [5.41, 5.74) is -0.198. The average Bonchev–Trinajstić information content (AvgIpc) is 2.25. The van der Waals surface area contributed by atoms with E-state index in [2.05, 4.69) is 0 Å². The number of ether oxygens (including phenoxy) is 1. The first kappa shape index (κ1) is 14.9. The second-order valence-corrected chi connectivity index (χ2v) is 6.76. The third kappa shape index (κ3) is 2.81. The zero-order chi connectivity index (χ0) is 14.1. The molecule has 0 saturated carbocycles. The fourth-order valence-corrected chi connectivity index (χ4v) is 2.48. The lowest BCUT2D eigenvalue weighted by atomic mass is 9.85. The number of halogens is 1. The van der Waals surface area contributed by atoms with Crippen LogP contribution in [0.25, 0.3) is 0 Å². The van der Waals surface area contributed by atoms with Gasteiger partial charge in [0.15, 0.2) is 9.84 Å². The normalized spacial score (nSPS) is 12.6. The molecular weight excluding hydrogens is 259 g/mol. The van der Waals surface area contributed by atoms with E-state index < -0.39 is 26.0 Å². The highest BCUT2D eigenvalue weighted by atomic mass is 32.2. The first-order valence-electron chi connectivity index (χ1n) is 5.32. The van der Waals surface area contributed by atoms with Crippen LogP contribution in [-0.2, 0) is 15.3 Å². The van der Waals surface area contributed by atoms with Crippen molar-refractivity contribution in [3.05, 3.63) is 23.5 Å². The van der Waals surface area contributed by atoms with Crippen LogP contribution in [0.4, 0.5) is 4.39 Å². The van der Waals surface area contributed by atoms with Crippen molar-refractivity contribution < 1.29 is 22.7 Å². The Labute approximate surface area is 106 Å². The number of benzene rings is 1. The van der Waals surface area contributed by atoms with Crippen molar-refractivity contribution in [3.63, 3.8) is 0 Å². The van der Waals surface area contributed by atoms with Crippen molar-refractivity contribution in [1.82, 2.24) is 0 Å². The minimum atomic E-state index is -3.71. The molecule has 18 heavy (non-hydrogen) atoms. The number of rotatable bonds is 4. The summed E-state index contributed by atoms with van der Waals surface area (Å²) in [5.74, 6) is -0.914. The summed E-state index contributed by atoms with van der Waals surface area (Å²) < 4.78 is 41.8. The molecular formula is C12H17FO4S. The molecule has 0 saturated heterocycles. The molecule has 0 aromatic heterocycles. The summed E-state index contributed by atoms with van der Waals surface area (Å²) >= 11 is 0. The van der Waals surface area contributed by atoms with Gasteiger partial charge in [0, 0.05) is 11.7 Å². The fourth-order valence-electron chi connectivity index (χ4n) is 1.56. The Balaban J connectivity index is 3.56. The predicted octanol–water partition coefficient (Wildman–Crippen LogP) is 1.51. The van der Waals surface area contributed by atoms with Crippen LogP contribution >= 0.6 is 0 Å². The summed E-state index contributed by atoms with van der Waals surface area (Å²) in [4.78, 5) is -0.456. The van der Waals surface area contributed by atoms with E-state index in [1.165, 1.54) is 13.2 Å². The van der Waals surface area contributed by atoms with Gasteiger partial charge in [0.05, 0.1) is 13.7 Å². The minimum absolute atomic E-state index is 0.0472. The minimum Gasteiger partial charge on any atom is -0.495 e. The van der Waals surface area contributed by atoms with Gasteiger partial charge in [-0.05, 0) is 17.7 Å². The Morgan fingerprint density at radius 2 is 1.94 bits per heavy atom. The maximum atomic E-state index is 13.9. The largest absolute Gasteiger partial charge is 0.495 e. The van der Waals surface area contributed by atoms with Crippen LogP contribution in [0.1, 0.15) is 19.4 Å². The molecule has 0 unspecified atom stereocenters. The van der Waals surface area contributed by atoms with E-state index in [9.17, 15) is 17.9 Å². The molecule has 0 atom stereocenters. The van der Waals surface area contributed by atoms with Gasteiger partial charge in [-0.15, -0.1) is 0 Å². The highest BCUT2D eigenvalue weighted by molar-refractivity contribution is 7.90. The van der Waals surface area contributed by atoms with Crippen LogP contribution in [-0.4, -0.2) is 33.5 Å². The zero-order valence-corrected chi connectivity index (χ0v) is 11.6. The van der Waals surface area contributed by atoms with Gasteiger partial charge in [-0.25, -0.2) is 12.8 Å². The molecule has 0 heterocycles. The highest BCUT2D eigenvalue weighted by Gasteiger charge is 2.26. The second-order valence-electron chi connectivity index (χ2n) is 4.80. The van der Waals surface area contributed by atoms with Crippen LogP contribution in [0.3, 0.4) is 0 Å². The van der Waals surface area contributed by atoms with E-state index in [4.69, 9.17) is 4.74 Å². The Bertz CT molecular complexity index is 549. The van der Waals surface area contributed by atoms with Gasteiger partial charge in [0.25, 0.3) is 0 Å². The SMILES string of the molecule is COc1cc(C(C)(C)CO)cc(F)c1S(C)(=O)=O. The molecule has 0 fully saturated rings. The van der Waals surface area contributed by atoms with Gasteiger partial charge in [0.2, 0.25) is 0 Å². The molecule has 0 radical (unpaired) electrons. The summed E-state index contributed by atoms with van der Waals surface area (Å²) in [6, 6.07) is 2.56. The summed E-state index contributed by atoms with van der Waals surface area (Å²) in [7, 11) is -2.43. The molecule has 4 nitrogen and oxygen atoms in total. The lowest BCUT2D eigenvalue weighted by Crippen LogP contribution is -2.22.